The Morgan fingerprint density at radius 1 is 1.12 bits per heavy atom. The zero-order valence-corrected chi connectivity index (χ0v) is 28.8. The van der Waals surface area contributed by atoms with E-state index in [1.807, 2.05) is 32.9 Å². The first-order chi connectivity index (χ1) is 23.5. The number of ether oxygens (including phenoxy) is 2. The van der Waals surface area contributed by atoms with Crippen molar-refractivity contribution in [2.45, 2.75) is 103 Å². The predicted octanol–water partition coefficient (Wildman–Crippen LogP) is 4.87. The maximum atomic E-state index is 13.7. The van der Waals surface area contributed by atoms with Crippen molar-refractivity contribution < 1.29 is 29.0 Å². The molecule has 7 rings (SSSR count). The highest BCUT2D eigenvalue weighted by Gasteiger charge is 2.45. The minimum atomic E-state index is -1.90. The fourth-order valence-electron chi connectivity index (χ4n) is 7.58. The molecule has 2 fully saturated rings. The summed E-state index contributed by atoms with van der Waals surface area (Å²) < 4.78 is 12.9. The SMILES string of the molecule is CC[C@@]1(O)C(=O)OCc2c1cc1n(c2=O)Cc2cc3c(C/C=N/OC(C)(C)C)c(OC(=O)N4CCC(N5CCCCC5)CC4)ccc3nc2-1. The van der Waals surface area contributed by atoms with Gasteiger partial charge in [-0.3, -0.25) is 4.79 Å². The van der Waals surface area contributed by atoms with E-state index < -0.39 is 17.2 Å². The molecule has 0 bridgehead atoms. The topological polar surface area (TPSA) is 136 Å². The molecule has 12 nitrogen and oxygen atoms in total. The van der Waals surface area contributed by atoms with Crippen LogP contribution < -0.4 is 10.3 Å². The molecule has 49 heavy (non-hydrogen) atoms. The molecule has 0 aliphatic carbocycles. The van der Waals surface area contributed by atoms with Gasteiger partial charge in [-0.1, -0.05) is 18.5 Å². The van der Waals surface area contributed by atoms with Gasteiger partial charge in [-0.15, -0.1) is 0 Å². The lowest BCUT2D eigenvalue weighted by molar-refractivity contribution is -0.172. The van der Waals surface area contributed by atoms with E-state index in [0.29, 0.717) is 48.2 Å². The first-order valence-corrected chi connectivity index (χ1v) is 17.5. The number of carbonyl (C=O) groups is 2. The molecule has 4 aliphatic rings. The molecule has 0 spiro atoms. The van der Waals surface area contributed by atoms with E-state index >= 15 is 0 Å². The van der Waals surface area contributed by atoms with E-state index in [2.05, 4.69) is 10.1 Å². The second kappa shape index (κ2) is 12.9. The zero-order valence-electron chi connectivity index (χ0n) is 28.8. The maximum absolute atomic E-state index is 13.7. The number of piperidine rings is 2. The molecular weight excluding hydrogens is 626 g/mol. The number of nitrogens with zero attached hydrogens (tertiary/aromatic N) is 5. The Morgan fingerprint density at radius 3 is 2.59 bits per heavy atom. The number of cyclic esters (lactones) is 1. The third kappa shape index (κ3) is 6.20. The number of hydrogen-bond acceptors (Lipinski definition) is 10. The highest BCUT2D eigenvalue weighted by Crippen LogP contribution is 2.40. The number of benzene rings is 1. The Morgan fingerprint density at radius 2 is 1.88 bits per heavy atom. The van der Waals surface area contributed by atoms with Crippen molar-refractivity contribution in [2.24, 2.45) is 5.16 Å². The van der Waals surface area contributed by atoms with Gasteiger partial charge < -0.3 is 33.8 Å². The Balaban J connectivity index is 1.21. The highest BCUT2D eigenvalue weighted by molar-refractivity contribution is 5.91. The molecule has 6 heterocycles. The molecule has 12 heteroatoms. The third-order valence-electron chi connectivity index (χ3n) is 10.3. The second-order valence-corrected chi connectivity index (χ2v) is 14.6. The van der Waals surface area contributed by atoms with Gasteiger partial charge in [0.1, 0.15) is 18.0 Å². The van der Waals surface area contributed by atoms with Crippen LogP contribution >= 0.6 is 0 Å². The summed E-state index contributed by atoms with van der Waals surface area (Å²) in [6, 6.07) is 7.76. The third-order valence-corrected chi connectivity index (χ3v) is 10.3. The minimum Gasteiger partial charge on any atom is -0.458 e. The Hall–Kier alpha value is -4.29. The van der Waals surface area contributed by atoms with Gasteiger partial charge in [-0.05, 0) is 90.2 Å². The molecule has 0 radical (unpaired) electrons. The number of pyridine rings is 2. The van der Waals surface area contributed by atoms with Crippen LogP contribution in [0.5, 0.6) is 5.75 Å². The number of hydrogen-bond donors (Lipinski definition) is 1. The number of amides is 1. The number of esters is 1. The lowest BCUT2D eigenvalue weighted by Crippen LogP contribution is -2.48. The fourth-order valence-corrected chi connectivity index (χ4v) is 7.58. The van der Waals surface area contributed by atoms with Crippen LogP contribution in [0.4, 0.5) is 4.79 Å². The van der Waals surface area contributed by atoms with Crippen molar-refractivity contribution in [2.75, 3.05) is 26.2 Å². The summed E-state index contributed by atoms with van der Waals surface area (Å²) in [5, 5.41) is 16.2. The smallest absolute Gasteiger partial charge is 0.415 e. The number of carbonyl (C=O) groups excluding carboxylic acids is 2. The summed E-state index contributed by atoms with van der Waals surface area (Å²) >= 11 is 0. The van der Waals surface area contributed by atoms with Crippen molar-refractivity contribution in [3.8, 4) is 17.1 Å². The van der Waals surface area contributed by atoms with Crippen LogP contribution in [-0.4, -0.2) is 80.6 Å². The second-order valence-electron chi connectivity index (χ2n) is 14.6. The van der Waals surface area contributed by atoms with Crippen LogP contribution in [0.3, 0.4) is 0 Å². The highest BCUT2D eigenvalue weighted by atomic mass is 16.6. The van der Waals surface area contributed by atoms with Gasteiger partial charge in [0.15, 0.2) is 5.60 Å². The molecule has 3 aromatic rings. The van der Waals surface area contributed by atoms with Crippen molar-refractivity contribution in [3.63, 3.8) is 0 Å². The number of aliphatic hydroxyl groups is 1. The zero-order chi connectivity index (χ0) is 34.5. The van der Waals surface area contributed by atoms with Gasteiger partial charge in [0.2, 0.25) is 0 Å². The maximum Gasteiger partial charge on any atom is 0.415 e. The van der Waals surface area contributed by atoms with Gasteiger partial charge >= 0.3 is 12.1 Å². The standard InChI is InChI=1S/C37H45N5O7/c1-5-37(46)28-20-30-32-23(21-42(30)33(43)27(28)22-47-34(37)44)19-26-25(11-14-38-49-36(2,3)4)31(10-9-29(26)39-32)48-35(45)41-17-12-24(13-18-41)40-15-7-6-8-16-40/h9-10,14,19-20,24,46H,5-8,11-13,15-18,21-22H2,1-4H3/b38-14+/t37-/m0/s1. The number of aromatic nitrogens is 2. The fraction of sp³-hybridized carbons (Fsp3) is 0.541. The van der Waals surface area contributed by atoms with E-state index in [1.54, 1.807) is 34.7 Å². The molecule has 2 saturated heterocycles. The summed E-state index contributed by atoms with van der Waals surface area (Å²) in [4.78, 5) is 54.7. The quantitative estimate of drug-likeness (QED) is 0.173. The van der Waals surface area contributed by atoms with Crippen molar-refractivity contribution >= 4 is 29.2 Å². The predicted molar refractivity (Wildman–Crippen MR) is 184 cm³/mol. The van der Waals surface area contributed by atoms with E-state index in [9.17, 15) is 19.5 Å². The first-order valence-electron chi connectivity index (χ1n) is 17.5. The van der Waals surface area contributed by atoms with Crippen LogP contribution in [0.25, 0.3) is 22.3 Å². The molecule has 260 valence electrons. The van der Waals surface area contributed by atoms with Crippen LogP contribution in [0.2, 0.25) is 0 Å². The lowest BCUT2D eigenvalue weighted by atomic mass is 9.86. The van der Waals surface area contributed by atoms with Crippen molar-refractivity contribution in [1.29, 1.82) is 0 Å². The molecule has 0 saturated carbocycles. The van der Waals surface area contributed by atoms with Crippen molar-refractivity contribution in [3.05, 3.63) is 56.9 Å². The number of oxime groups is 1. The summed E-state index contributed by atoms with van der Waals surface area (Å²) in [6.45, 7) is 11.1. The average molecular weight is 672 g/mol. The van der Waals surface area contributed by atoms with Gasteiger partial charge in [-0.2, -0.15) is 0 Å². The van der Waals surface area contributed by atoms with Crippen LogP contribution in [0.1, 0.15) is 88.5 Å². The molecule has 1 N–H and O–H groups in total. The normalized spacial score (nSPS) is 21.4. The molecule has 1 atom stereocenters. The summed E-state index contributed by atoms with van der Waals surface area (Å²) in [5.74, 6) is -0.335. The number of rotatable bonds is 6. The van der Waals surface area contributed by atoms with E-state index in [-0.39, 0.29) is 42.4 Å². The van der Waals surface area contributed by atoms with Gasteiger partial charge in [0, 0.05) is 53.8 Å². The first kappa shape index (κ1) is 33.2. The summed E-state index contributed by atoms with van der Waals surface area (Å²) in [6.07, 6.45) is 7.34. The molecule has 1 aromatic carbocycles. The van der Waals surface area contributed by atoms with Crippen LogP contribution in [0, 0.1) is 0 Å². The Labute approximate surface area is 285 Å². The average Bonchev–Trinajstić information content (AvgIpc) is 3.46. The molecule has 4 aliphatic heterocycles. The van der Waals surface area contributed by atoms with Gasteiger partial charge in [0.25, 0.3) is 5.56 Å². The van der Waals surface area contributed by atoms with Crippen LogP contribution in [0.15, 0.2) is 34.2 Å². The number of fused-ring (bicyclic) bond motifs is 5. The Kier molecular flexibility index (Phi) is 8.72. The molecule has 0 unspecified atom stereocenters. The molecule has 1 amide bonds. The minimum absolute atomic E-state index is 0.0710. The lowest BCUT2D eigenvalue weighted by Gasteiger charge is -2.39. The van der Waals surface area contributed by atoms with E-state index in [1.165, 1.54) is 19.3 Å². The molecule has 2 aromatic heterocycles. The largest absolute Gasteiger partial charge is 0.458 e. The van der Waals surface area contributed by atoms with E-state index in [4.69, 9.17) is 19.3 Å². The van der Waals surface area contributed by atoms with Crippen molar-refractivity contribution in [1.82, 2.24) is 19.4 Å². The molecular formula is C37H45N5O7. The van der Waals surface area contributed by atoms with Gasteiger partial charge in [0.05, 0.1) is 29.0 Å². The number of likely N-dealkylation sites (tertiary alicyclic amines) is 2. The van der Waals surface area contributed by atoms with Gasteiger partial charge in [-0.25, -0.2) is 14.6 Å². The van der Waals surface area contributed by atoms with Crippen LogP contribution in [-0.2, 0) is 39.5 Å². The Bertz CT molecular complexity index is 1880. The monoisotopic (exact) mass is 671 g/mol. The van der Waals surface area contributed by atoms with E-state index in [0.717, 1.165) is 42.4 Å². The summed E-state index contributed by atoms with van der Waals surface area (Å²) in [5.41, 5.74) is 1.17. The summed E-state index contributed by atoms with van der Waals surface area (Å²) in [7, 11) is 0.